The molecule has 0 aromatic rings. The normalized spacial score (nSPS) is 29.8. The Morgan fingerprint density at radius 2 is 2.25 bits per heavy atom. The summed E-state index contributed by atoms with van der Waals surface area (Å²) in [5.74, 6) is -1.61. The number of rotatable bonds is 5. The molecular weight excluding hydrogens is 280 g/mol. The Kier molecular flexibility index (Phi) is 4.06. The molecule has 1 amide bonds. The topological polar surface area (TPSA) is 102 Å². The van der Waals surface area contributed by atoms with Gasteiger partial charge in [-0.05, 0) is 6.92 Å². The molecule has 0 aliphatic carbocycles. The third-order valence-electron chi connectivity index (χ3n) is 3.78. The van der Waals surface area contributed by atoms with Crippen LogP contribution in [0.5, 0.6) is 0 Å². The lowest BCUT2D eigenvalue weighted by Crippen LogP contribution is -2.63. The van der Waals surface area contributed by atoms with Crippen LogP contribution in [0.25, 0.3) is 0 Å². The molecule has 2 rings (SSSR count). The van der Waals surface area contributed by atoms with Gasteiger partial charge in [0.1, 0.15) is 5.70 Å². The summed E-state index contributed by atoms with van der Waals surface area (Å²) in [6.45, 7) is 3.41. The SMILES string of the molecule is C[C@H](O)C1C(=O)N2C(C(=O)O)=C(SCCC#N)[C@H](C)C12. The molecule has 2 aliphatic heterocycles. The molecule has 0 spiro atoms. The molecule has 2 unspecified atom stereocenters. The van der Waals surface area contributed by atoms with Gasteiger partial charge in [0.15, 0.2) is 0 Å². The minimum atomic E-state index is -1.13. The largest absolute Gasteiger partial charge is 0.477 e. The standard InChI is InChI=1S/C13H16N2O4S/c1-6-9-8(7(2)16)12(17)15(9)10(13(18)19)11(6)20-5-3-4-14/h6-9,16H,3,5H2,1-2H3,(H,18,19)/t6-,7+,8?,9?/m1/s1. The Labute approximate surface area is 121 Å². The van der Waals surface area contributed by atoms with Crippen LogP contribution in [0.3, 0.4) is 0 Å². The van der Waals surface area contributed by atoms with Crippen molar-refractivity contribution in [2.75, 3.05) is 5.75 Å². The number of nitriles is 1. The molecule has 108 valence electrons. The fourth-order valence-corrected chi connectivity index (χ4v) is 4.06. The summed E-state index contributed by atoms with van der Waals surface area (Å²) in [5, 5.41) is 27.6. The van der Waals surface area contributed by atoms with Gasteiger partial charge in [0, 0.05) is 23.0 Å². The number of hydrogen-bond acceptors (Lipinski definition) is 5. The van der Waals surface area contributed by atoms with Crippen molar-refractivity contribution < 1.29 is 19.8 Å². The quantitative estimate of drug-likeness (QED) is 0.574. The van der Waals surface area contributed by atoms with E-state index >= 15 is 0 Å². The van der Waals surface area contributed by atoms with Gasteiger partial charge < -0.3 is 15.1 Å². The van der Waals surface area contributed by atoms with Gasteiger partial charge in [0.2, 0.25) is 5.91 Å². The molecule has 0 radical (unpaired) electrons. The van der Waals surface area contributed by atoms with Gasteiger partial charge in [0.05, 0.1) is 24.1 Å². The van der Waals surface area contributed by atoms with Crippen molar-refractivity contribution in [3.05, 3.63) is 10.6 Å². The Morgan fingerprint density at radius 1 is 1.60 bits per heavy atom. The number of aliphatic hydroxyl groups is 1. The van der Waals surface area contributed by atoms with E-state index in [-0.39, 0.29) is 23.6 Å². The van der Waals surface area contributed by atoms with Crippen LogP contribution >= 0.6 is 11.8 Å². The maximum absolute atomic E-state index is 12.0. The zero-order valence-electron chi connectivity index (χ0n) is 11.2. The summed E-state index contributed by atoms with van der Waals surface area (Å²) in [7, 11) is 0. The molecule has 2 heterocycles. The van der Waals surface area contributed by atoms with Crippen LogP contribution in [0, 0.1) is 23.2 Å². The van der Waals surface area contributed by atoms with E-state index in [9.17, 15) is 19.8 Å². The highest BCUT2D eigenvalue weighted by atomic mass is 32.2. The highest BCUT2D eigenvalue weighted by molar-refractivity contribution is 8.03. The molecule has 1 fully saturated rings. The minimum absolute atomic E-state index is 0.0207. The maximum Gasteiger partial charge on any atom is 0.353 e. The van der Waals surface area contributed by atoms with Crippen LogP contribution < -0.4 is 0 Å². The molecule has 20 heavy (non-hydrogen) atoms. The van der Waals surface area contributed by atoms with Crippen LogP contribution in [0.1, 0.15) is 20.3 Å². The lowest BCUT2D eigenvalue weighted by atomic mass is 9.79. The van der Waals surface area contributed by atoms with Crippen LogP contribution in [0.2, 0.25) is 0 Å². The van der Waals surface area contributed by atoms with E-state index in [1.165, 1.54) is 16.7 Å². The summed E-state index contributed by atoms with van der Waals surface area (Å²) in [5.41, 5.74) is 0.0207. The summed E-state index contributed by atoms with van der Waals surface area (Å²) in [4.78, 5) is 25.4. The van der Waals surface area contributed by atoms with Crippen LogP contribution in [-0.2, 0) is 9.59 Å². The molecule has 2 aliphatic rings. The molecule has 0 aromatic heterocycles. The Hall–Kier alpha value is -1.52. The highest BCUT2D eigenvalue weighted by Crippen LogP contribution is 2.50. The first-order chi connectivity index (χ1) is 9.41. The predicted octanol–water partition coefficient (Wildman–Crippen LogP) is 0.787. The number of nitrogens with zero attached hydrogens (tertiary/aromatic N) is 2. The number of thioether (sulfide) groups is 1. The lowest BCUT2D eigenvalue weighted by Gasteiger charge is -2.46. The predicted molar refractivity (Wildman–Crippen MR) is 72.3 cm³/mol. The first-order valence-electron chi connectivity index (χ1n) is 6.40. The van der Waals surface area contributed by atoms with Crippen molar-refractivity contribution in [1.29, 1.82) is 5.26 Å². The molecule has 0 bridgehead atoms. The Balaban J connectivity index is 2.28. The van der Waals surface area contributed by atoms with E-state index < -0.39 is 18.0 Å². The first kappa shape index (κ1) is 14.9. The van der Waals surface area contributed by atoms with Crippen molar-refractivity contribution in [2.24, 2.45) is 11.8 Å². The number of β-lactam (4-membered cyclic amide) rings is 1. The second-order valence-corrected chi connectivity index (χ2v) is 6.17. The number of carbonyl (C=O) groups is 2. The number of aliphatic carboxylic acids is 1. The van der Waals surface area contributed by atoms with E-state index in [1.807, 2.05) is 13.0 Å². The number of hydrogen-bond donors (Lipinski definition) is 2. The lowest BCUT2D eigenvalue weighted by molar-refractivity contribution is -0.163. The van der Waals surface area contributed by atoms with E-state index in [2.05, 4.69) is 0 Å². The minimum Gasteiger partial charge on any atom is -0.477 e. The van der Waals surface area contributed by atoms with Crippen molar-refractivity contribution >= 4 is 23.6 Å². The molecule has 1 saturated heterocycles. The van der Waals surface area contributed by atoms with E-state index in [0.29, 0.717) is 17.1 Å². The maximum atomic E-state index is 12.0. The summed E-state index contributed by atoms with van der Waals surface area (Å²) < 4.78 is 0. The van der Waals surface area contributed by atoms with Gasteiger partial charge in [-0.2, -0.15) is 5.26 Å². The van der Waals surface area contributed by atoms with Gasteiger partial charge in [0.25, 0.3) is 0 Å². The van der Waals surface area contributed by atoms with Crippen molar-refractivity contribution in [3.8, 4) is 6.07 Å². The zero-order valence-corrected chi connectivity index (χ0v) is 12.1. The monoisotopic (exact) mass is 296 g/mol. The van der Waals surface area contributed by atoms with Crippen molar-refractivity contribution in [1.82, 2.24) is 4.90 Å². The highest BCUT2D eigenvalue weighted by Gasteiger charge is 2.59. The Bertz CT molecular complexity index is 523. The van der Waals surface area contributed by atoms with Crippen LogP contribution in [-0.4, -0.2) is 44.9 Å². The average molecular weight is 296 g/mol. The van der Waals surface area contributed by atoms with E-state index in [4.69, 9.17) is 5.26 Å². The van der Waals surface area contributed by atoms with E-state index in [0.717, 1.165) is 0 Å². The summed E-state index contributed by atoms with van der Waals surface area (Å²) in [6, 6.07) is 1.73. The molecule has 0 aromatic carbocycles. The van der Waals surface area contributed by atoms with Crippen molar-refractivity contribution in [2.45, 2.75) is 32.4 Å². The Morgan fingerprint density at radius 3 is 2.75 bits per heavy atom. The second-order valence-electron chi connectivity index (χ2n) is 5.03. The van der Waals surface area contributed by atoms with Gasteiger partial charge in [-0.25, -0.2) is 4.79 Å². The molecule has 0 saturated carbocycles. The number of carboxylic acids is 1. The molecule has 6 nitrogen and oxygen atoms in total. The first-order valence-corrected chi connectivity index (χ1v) is 7.38. The van der Waals surface area contributed by atoms with Crippen LogP contribution in [0.15, 0.2) is 10.6 Å². The second kappa shape index (κ2) is 5.46. The average Bonchev–Trinajstić information content (AvgIpc) is 2.60. The number of fused-ring (bicyclic) bond motifs is 1. The fourth-order valence-electron chi connectivity index (χ4n) is 2.92. The third-order valence-corrected chi connectivity index (χ3v) is 5.07. The number of carbonyl (C=O) groups excluding carboxylic acids is 1. The molecular formula is C13H16N2O4S. The molecule has 2 N–H and O–H groups in total. The van der Waals surface area contributed by atoms with Gasteiger partial charge in [-0.3, -0.25) is 4.79 Å². The molecule has 7 heteroatoms. The van der Waals surface area contributed by atoms with Gasteiger partial charge >= 0.3 is 5.97 Å². The summed E-state index contributed by atoms with van der Waals surface area (Å²) in [6.07, 6.45) is -0.462. The smallest absolute Gasteiger partial charge is 0.353 e. The number of aliphatic hydroxyl groups excluding tert-OH is 1. The van der Waals surface area contributed by atoms with Crippen LogP contribution in [0.4, 0.5) is 0 Å². The number of amides is 1. The zero-order chi connectivity index (χ0) is 15.0. The van der Waals surface area contributed by atoms with Gasteiger partial charge in [-0.15, -0.1) is 11.8 Å². The fraction of sp³-hybridized carbons (Fsp3) is 0.615. The van der Waals surface area contributed by atoms with Gasteiger partial charge in [-0.1, -0.05) is 6.92 Å². The summed E-state index contributed by atoms with van der Waals surface area (Å²) >= 11 is 1.32. The third kappa shape index (κ3) is 2.09. The number of carboxylic acid groups (broad SMARTS) is 1. The van der Waals surface area contributed by atoms with E-state index in [1.54, 1.807) is 6.92 Å². The van der Waals surface area contributed by atoms with Crippen molar-refractivity contribution in [3.63, 3.8) is 0 Å². The molecule has 4 atom stereocenters.